The summed E-state index contributed by atoms with van der Waals surface area (Å²) in [4.78, 5) is 9.31. The van der Waals surface area contributed by atoms with Gasteiger partial charge in [0.1, 0.15) is 5.01 Å². The van der Waals surface area contributed by atoms with Gasteiger partial charge < -0.3 is 4.52 Å². The number of imidazole rings is 1. The molecule has 0 aliphatic rings. The van der Waals surface area contributed by atoms with Crippen molar-refractivity contribution < 1.29 is 4.52 Å². The van der Waals surface area contributed by atoms with E-state index >= 15 is 0 Å². The Morgan fingerprint density at radius 1 is 1.14 bits per heavy atom. The summed E-state index contributed by atoms with van der Waals surface area (Å²) < 4.78 is 6.92. The molecule has 0 bridgehead atoms. The van der Waals surface area contributed by atoms with Gasteiger partial charge in [0.2, 0.25) is 10.8 Å². The fraction of sp³-hybridized carbons (Fsp3) is 0.0769. The number of rotatable bonds is 2. The second-order valence-corrected chi connectivity index (χ2v) is 6.45. The summed E-state index contributed by atoms with van der Waals surface area (Å²) in [6.45, 7) is 1.90. The minimum Gasteiger partial charge on any atom is -0.334 e. The molecule has 1 aromatic carbocycles. The van der Waals surface area contributed by atoms with Crippen molar-refractivity contribution in [1.82, 2.24) is 24.7 Å². The lowest BCUT2D eigenvalue weighted by Gasteiger charge is -1.93. The molecule has 0 aliphatic carbocycles. The Morgan fingerprint density at radius 3 is 2.68 bits per heavy atom. The summed E-state index contributed by atoms with van der Waals surface area (Å²) in [6.07, 6.45) is 0. The molecule has 9 heteroatoms. The van der Waals surface area contributed by atoms with Gasteiger partial charge in [-0.05, 0) is 31.2 Å². The number of nitrogens with zero attached hydrogens (tertiary/aromatic N) is 5. The summed E-state index contributed by atoms with van der Waals surface area (Å²) in [7, 11) is 0. The highest BCUT2D eigenvalue weighted by Gasteiger charge is 2.21. The summed E-state index contributed by atoms with van der Waals surface area (Å²) in [5.41, 5.74) is 1.29. The van der Waals surface area contributed by atoms with Crippen LogP contribution in [0.2, 0.25) is 10.2 Å². The molecule has 6 nitrogen and oxygen atoms in total. The average Bonchev–Trinajstić information content (AvgIpc) is 3.14. The second-order valence-electron chi connectivity index (χ2n) is 4.50. The van der Waals surface area contributed by atoms with E-state index in [2.05, 4.69) is 20.2 Å². The highest BCUT2D eigenvalue weighted by atomic mass is 35.5. The fourth-order valence-electron chi connectivity index (χ4n) is 2.04. The molecule has 4 rings (SSSR count). The van der Waals surface area contributed by atoms with Crippen LogP contribution in [-0.2, 0) is 0 Å². The Kier molecular flexibility index (Phi) is 3.14. The fourth-order valence-corrected chi connectivity index (χ4v) is 3.20. The van der Waals surface area contributed by atoms with Gasteiger partial charge in [-0.1, -0.05) is 39.7 Å². The molecular formula is C13H7Cl2N5OS. The Morgan fingerprint density at radius 2 is 1.91 bits per heavy atom. The summed E-state index contributed by atoms with van der Waals surface area (Å²) >= 11 is 13.5. The van der Waals surface area contributed by atoms with Gasteiger partial charge in [0.05, 0.1) is 0 Å². The van der Waals surface area contributed by atoms with E-state index in [0.29, 0.717) is 32.5 Å². The van der Waals surface area contributed by atoms with Crippen molar-refractivity contribution in [1.29, 1.82) is 0 Å². The maximum Gasteiger partial charge on any atom is 0.258 e. The quantitative estimate of drug-likeness (QED) is 0.543. The molecule has 3 aromatic heterocycles. The zero-order chi connectivity index (χ0) is 15.3. The lowest BCUT2D eigenvalue weighted by atomic mass is 10.2. The van der Waals surface area contributed by atoms with Crippen LogP contribution in [0.15, 0.2) is 28.8 Å². The normalized spacial score (nSPS) is 11.4. The Bertz CT molecular complexity index is 972. The molecule has 0 unspecified atom stereocenters. The molecule has 3 heterocycles. The maximum absolute atomic E-state index is 6.17. The van der Waals surface area contributed by atoms with Gasteiger partial charge in [0.15, 0.2) is 10.8 Å². The van der Waals surface area contributed by atoms with Crippen LogP contribution in [0.25, 0.3) is 27.9 Å². The largest absolute Gasteiger partial charge is 0.334 e. The number of hydrogen-bond donors (Lipinski definition) is 0. The molecule has 4 aromatic rings. The van der Waals surface area contributed by atoms with Crippen LogP contribution in [0.1, 0.15) is 5.01 Å². The molecule has 0 amide bonds. The SMILES string of the molecule is Cc1nn2c(-c3noc(-c4ccc(Cl)cc4)n3)c(Cl)nc2s1. The van der Waals surface area contributed by atoms with Crippen LogP contribution in [0.5, 0.6) is 0 Å². The molecular weight excluding hydrogens is 345 g/mol. The highest BCUT2D eigenvalue weighted by Crippen LogP contribution is 2.30. The molecule has 0 spiro atoms. The first-order chi connectivity index (χ1) is 10.6. The number of halogens is 2. The lowest BCUT2D eigenvalue weighted by molar-refractivity contribution is 0.432. The third kappa shape index (κ3) is 2.18. The molecule has 0 saturated carbocycles. The molecule has 0 aliphatic heterocycles. The first-order valence-electron chi connectivity index (χ1n) is 6.23. The summed E-state index contributed by atoms with van der Waals surface area (Å²) in [6, 6.07) is 7.13. The summed E-state index contributed by atoms with van der Waals surface area (Å²) in [5.74, 6) is 0.720. The zero-order valence-corrected chi connectivity index (χ0v) is 13.4. The lowest BCUT2D eigenvalue weighted by Crippen LogP contribution is -1.91. The van der Waals surface area contributed by atoms with E-state index < -0.39 is 0 Å². The maximum atomic E-state index is 6.17. The van der Waals surface area contributed by atoms with E-state index in [0.717, 1.165) is 10.6 Å². The third-order valence-electron chi connectivity index (χ3n) is 2.99. The van der Waals surface area contributed by atoms with Crippen molar-refractivity contribution in [2.24, 2.45) is 0 Å². The molecule has 0 saturated heterocycles. The molecule has 110 valence electrons. The molecule has 0 fully saturated rings. The van der Waals surface area contributed by atoms with E-state index in [1.54, 1.807) is 28.8 Å². The van der Waals surface area contributed by atoms with Crippen molar-refractivity contribution in [3.8, 4) is 23.0 Å². The topological polar surface area (TPSA) is 69.1 Å². The number of aryl methyl sites for hydroxylation is 1. The molecule has 0 N–H and O–H groups in total. The van der Waals surface area contributed by atoms with Gasteiger partial charge in [0, 0.05) is 10.6 Å². The predicted molar refractivity (Wildman–Crippen MR) is 84.3 cm³/mol. The van der Waals surface area contributed by atoms with E-state index in [4.69, 9.17) is 27.7 Å². The first kappa shape index (κ1) is 13.7. The number of benzene rings is 1. The van der Waals surface area contributed by atoms with E-state index in [1.165, 1.54) is 11.3 Å². The van der Waals surface area contributed by atoms with Crippen LogP contribution in [0.4, 0.5) is 0 Å². The van der Waals surface area contributed by atoms with Gasteiger partial charge in [-0.3, -0.25) is 0 Å². The van der Waals surface area contributed by atoms with Gasteiger partial charge in [-0.25, -0.2) is 4.98 Å². The number of aromatic nitrogens is 5. The number of hydrogen-bond acceptors (Lipinski definition) is 6. The predicted octanol–water partition coefficient (Wildman–Crippen LogP) is 4.12. The first-order valence-corrected chi connectivity index (χ1v) is 7.81. The number of fused-ring (bicyclic) bond motifs is 1. The van der Waals surface area contributed by atoms with Gasteiger partial charge in [-0.15, -0.1) is 0 Å². The summed E-state index contributed by atoms with van der Waals surface area (Å²) in [5, 5.41) is 10.1. The van der Waals surface area contributed by atoms with E-state index in [-0.39, 0.29) is 0 Å². The van der Waals surface area contributed by atoms with Gasteiger partial charge in [0.25, 0.3) is 5.89 Å². The van der Waals surface area contributed by atoms with E-state index in [1.807, 2.05) is 6.92 Å². The van der Waals surface area contributed by atoms with Crippen LogP contribution in [0, 0.1) is 6.92 Å². The van der Waals surface area contributed by atoms with Crippen molar-refractivity contribution in [2.75, 3.05) is 0 Å². The van der Waals surface area contributed by atoms with Crippen molar-refractivity contribution in [3.05, 3.63) is 39.4 Å². The Hall–Kier alpha value is -1.96. The smallest absolute Gasteiger partial charge is 0.258 e. The van der Waals surface area contributed by atoms with Gasteiger partial charge >= 0.3 is 0 Å². The molecule has 22 heavy (non-hydrogen) atoms. The van der Waals surface area contributed by atoms with Crippen molar-refractivity contribution >= 4 is 39.5 Å². The second kappa shape index (κ2) is 5.05. The van der Waals surface area contributed by atoms with Crippen LogP contribution >= 0.6 is 34.5 Å². The molecule has 0 radical (unpaired) electrons. The Labute approximate surface area is 138 Å². The highest BCUT2D eigenvalue weighted by molar-refractivity contribution is 7.16. The van der Waals surface area contributed by atoms with Gasteiger partial charge in [-0.2, -0.15) is 14.6 Å². The molecule has 0 atom stereocenters. The van der Waals surface area contributed by atoms with Crippen LogP contribution in [0.3, 0.4) is 0 Å². The standard InChI is InChI=1S/C13H7Cl2N5OS/c1-6-18-20-9(10(15)16-13(20)22-6)11-17-12(21-19-11)7-2-4-8(14)5-3-7/h2-5H,1H3. The van der Waals surface area contributed by atoms with Crippen molar-refractivity contribution in [3.63, 3.8) is 0 Å². The van der Waals surface area contributed by atoms with E-state index in [9.17, 15) is 0 Å². The minimum atomic E-state index is 0.294. The van der Waals surface area contributed by atoms with Crippen LogP contribution in [-0.4, -0.2) is 24.7 Å². The van der Waals surface area contributed by atoms with Crippen molar-refractivity contribution in [2.45, 2.75) is 6.92 Å². The van der Waals surface area contributed by atoms with Crippen LogP contribution < -0.4 is 0 Å². The zero-order valence-electron chi connectivity index (χ0n) is 11.1. The monoisotopic (exact) mass is 351 g/mol. The Balaban J connectivity index is 1.83. The third-order valence-corrected chi connectivity index (χ3v) is 4.33. The average molecular weight is 352 g/mol. The minimum absolute atomic E-state index is 0.294.